The molecule has 1 aliphatic rings. The molecule has 3 aromatic heterocycles. The van der Waals surface area contributed by atoms with Crippen molar-refractivity contribution in [3.63, 3.8) is 0 Å². The molecule has 0 unspecified atom stereocenters. The van der Waals surface area contributed by atoms with Crippen molar-refractivity contribution in [2.24, 2.45) is 0 Å². The first-order chi connectivity index (χ1) is 14.5. The van der Waals surface area contributed by atoms with Crippen LogP contribution in [0.1, 0.15) is 4.88 Å². The van der Waals surface area contributed by atoms with E-state index in [1.165, 1.54) is 17.7 Å². The van der Waals surface area contributed by atoms with Gasteiger partial charge < -0.3 is 4.90 Å². The number of anilines is 1. The second kappa shape index (κ2) is 7.46. The van der Waals surface area contributed by atoms with Crippen molar-refractivity contribution in [2.75, 3.05) is 31.1 Å². The minimum atomic E-state index is -3.45. The van der Waals surface area contributed by atoms with Gasteiger partial charge in [0.25, 0.3) is 10.0 Å². The third kappa shape index (κ3) is 3.26. The van der Waals surface area contributed by atoms with Crippen LogP contribution < -0.4 is 4.90 Å². The molecule has 154 valence electrons. The molecule has 10 heteroatoms. The number of hydrogen-bond donors (Lipinski definition) is 0. The number of piperazine rings is 1. The van der Waals surface area contributed by atoms with Crippen LogP contribution in [0.3, 0.4) is 0 Å². The highest BCUT2D eigenvalue weighted by Gasteiger charge is 2.30. The number of thiophene rings is 1. The van der Waals surface area contributed by atoms with Crippen molar-refractivity contribution in [3.05, 3.63) is 59.9 Å². The van der Waals surface area contributed by atoms with Crippen molar-refractivity contribution in [3.8, 4) is 5.69 Å². The molecule has 1 aliphatic heterocycles. The fourth-order valence-electron chi connectivity index (χ4n) is 3.66. The lowest BCUT2D eigenvalue weighted by Gasteiger charge is -2.34. The summed E-state index contributed by atoms with van der Waals surface area (Å²) in [4.78, 5) is 12.0. The maximum atomic E-state index is 12.9. The maximum Gasteiger partial charge on any atom is 0.252 e. The van der Waals surface area contributed by atoms with E-state index in [1.807, 2.05) is 43.3 Å². The van der Waals surface area contributed by atoms with Crippen molar-refractivity contribution in [1.29, 1.82) is 0 Å². The van der Waals surface area contributed by atoms with Gasteiger partial charge in [-0.3, -0.25) is 0 Å². The van der Waals surface area contributed by atoms with Gasteiger partial charge >= 0.3 is 0 Å². The summed E-state index contributed by atoms with van der Waals surface area (Å²) < 4.78 is 29.5. The summed E-state index contributed by atoms with van der Waals surface area (Å²) in [7, 11) is -3.45. The summed E-state index contributed by atoms with van der Waals surface area (Å²) in [5.41, 5.74) is 1.66. The monoisotopic (exact) mass is 440 g/mol. The molecule has 0 radical (unpaired) electrons. The predicted molar refractivity (Wildman–Crippen MR) is 117 cm³/mol. The normalized spacial score (nSPS) is 15.7. The summed E-state index contributed by atoms with van der Waals surface area (Å²) in [6.45, 7) is 3.87. The zero-order valence-corrected chi connectivity index (χ0v) is 18.0. The maximum absolute atomic E-state index is 12.9. The molecule has 0 bridgehead atoms. The SMILES string of the molecule is Cc1ccc(S(=O)(=O)N2CCN(c3ncnc4c3cnn4-c3ccccc3)CC2)s1. The molecule has 1 fully saturated rings. The molecule has 0 N–H and O–H groups in total. The number of aromatic nitrogens is 4. The number of aryl methyl sites for hydroxylation is 1. The van der Waals surface area contributed by atoms with E-state index in [0.29, 0.717) is 30.4 Å². The quantitative estimate of drug-likeness (QED) is 0.485. The minimum Gasteiger partial charge on any atom is -0.353 e. The molecule has 0 atom stereocenters. The predicted octanol–water partition coefficient (Wildman–Crippen LogP) is 2.70. The third-order valence-corrected chi connectivity index (χ3v) is 8.56. The van der Waals surface area contributed by atoms with Gasteiger partial charge in [-0.05, 0) is 31.2 Å². The lowest BCUT2D eigenvalue weighted by atomic mass is 10.3. The smallest absolute Gasteiger partial charge is 0.252 e. The van der Waals surface area contributed by atoms with Crippen LogP contribution in [0.5, 0.6) is 0 Å². The number of sulfonamides is 1. The molecule has 4 heterocycles. The van der Waals surface area contributed by atoms with Gasteiger partial charge in [-0.1, -0.05) is 18.2 Å². The first-order valence-electron chi connectivity index (χ1n) is 9.60. The second-order valence-corrected chi connectivity index (χ2v) is 10.5. The molecule has 1 saturated heterocycles. The van der Waals surface area contributed by atoms with Crippen LogP contribution in [0.15, 0.2) is 59.2 Å². The van der Waals surface area contributed by atoms with E-state index < -0.39 is 10.0 Å². The van der Waals surface area contributed by atoms with Crippen LogP contribution in [0.4, 0.5) is 5.82 Å². The van der Waals surface area contributed by atoms with E-state index in [2.05, 4.69) is 20.0 Å². The number of nitrogens with zero attached hydrogens (tertiary/aromatic N) is 6. The Balaban J connectivity index is 1.40. The van der Waals surface area contributed by atoms with Crippen LogP contribution in [-0.2, 0) is 10.0 Å². The Morgan fingerprint density at radius 2 is 1.73 bits per heavy atom. The van der Waals surface area contributed by atoms with E-state index in [0.717, 1.165) is 27.4 Å². The Kier molecular flexibility index (Phi) is 4.76. The third-order valence-electron chi connectivity index (χ3n) is 5.19. The summed E-state index contributed by atoms with van der Waals surface area (Å²) in [6, 6.07) is 13.4. The van der Waals surface area contributed by atoms with Crippen LogP contribution in [0.25, 0.3) is 16.7 Å². The van der Waals surface area contributed by atoms with Gasteiger partial charge in [-0.2, -0.15) is 9.40 Å². The zero-order valence-electron chi connectivity index (χ0n) is 16.3. The van der Waals surface area contributed by atoms with Crippen LogP contribution >= 0.6 is 11.3 Å². The van der Waals surface area contributed by atoms with Crippen LogP contribution in [-0.4, -0.2) is 58.7 Å². The van der Waals surface area contributed by atoms with Crippen molar-refractivity contribution < 1.29 is 8.42 Å². The molecule has 5 rings (SSSR count). The average Bonchev–Trinajstić information content (AvgIpc) is 3.41. The molecular formula is C20H20N6O2S2. The molecule has 30 heavy (non-hydrogen) atoms. The number of para-hydroxylation sites is 1. The number of benzene rings is 1. The Hall–Kier alpha value is -2.82. The highest BCUT2D eigenvalue weighted by atomic mass is 32.2. The van der Waals surface area contributed by atoms with Gasteiger partial charge in [0.1, 0.15) is 16.4 Å². The van der Waals surface area contributed by atoms with E-state index in [9.17, 15) is 8.42 Å². The summed E-state index contributed by atoms with van der Waals surface area (Å²) >= 11 is 1.31. The van der Waals surface area contributed by atoms with Gasteiger partial charge in [0.05, 0.1) is 17.3 Å². The summed E-state index contributed by atoms with van der Waals surface area (Å²) in [6.07, 6.45) is 3.31. The van der Waals surface area contributed by atoms with Gasteiger partial charge in [-0.25, -0.2) is 23.1 Å². The van der Waals surface area contributed by atoms with Gasteiger partial charge in [0.2, 0.25) is 0 Å². The van der Waals surface area contributed by atoms with E-state index in [1.54, 1.807) is 21.3 Å². The van der Waals surface area contributed by atoms with Gasteiger partial charge in [-0.15, -0.1) is 11.3 Å². The van der Waals surface area contributed by atoms with Crippen molar-refractivity contribution in [1.82, 2.24) is 24.1 Å². The van der Waals surface area contributed by atoms with E-state index in [4.69, 9.17) is 0 Å². The Labute approximate surface area is 178 Å². The first-order valence-corrected chi connectivity index (χ1v) is 11.9. The van der Waals surface area contributed by atoms with Crippen molar-refractivity contribution >= 4 is 38.2 Å². The Morgan fingerprint density at radius 1 is 0.967 bits per heavy atom. The van der Waals surface area contributed by atoms with Gasteiger partial charge in [0, 0.05) is 31.1 Å². The fraction of sp³-hybridized carbons (Fsp3) is 0.250. The highest BCUT2D eigenvalue weighted by Crippen LogP contribution is 2.28. The molecule has 8 nitrogen and oxygen atoms in total. The van der Waals surface area contributed by atoms with E-state index in [-0.39, 0.29) is 0 Å². The second-order valence-electron chi connectivity index (χ2n) is 7.08. The van der Waals surface area contributed by atoms with Gasteiger partial charge in [0.15, 0.2) is 5.65 Å². The topological polar surface area (TPSA) is 84.2 Å². The first kappa shape index (κ1) is 19.2. The summed E-state index contributed by atoms with van der Waals surface area (Å²) in [5.74, 6) is 0.784. The molecular weight excluding hydrogens is 420 g/mol. The average molecular weight is 441 g/mol. The minimum absolute atomic E-state index is 0.405. The fourth-order valence-corrected chi connectivity index (χ4v) is 6.52. The van der Waals surface area contributed by atoms with Crippen LogP contribution in [0, 0.1) is 6.92 Å². The lowest BCUT2D eigenvalue weighted by Crippen LogP contribution is -2.48. The summed E-state index contributed by atoms with van der Waals surface area (Å²) in [5, 5.41) is 5.35. The molecule has 0 saturated carbocycles. The lowest BCUT2D eigenvalue weighted by molar-refractivity contribution is 0.385. The number of rotatable bonds is 4. The largest absolute Gasteiger partial charge is 0.353 e. The van der Waals surface area contributed by atoms with Crippen molar-refractivity contribution in [2.45, 2.75) is 11.1 Å². The Morgan fingerprint density at radius 3 is 2.43 bits per heavy atom. The molecule has 1 aromatic carbocycles. The van der Waals surface area contributed by atoms with E-state index >= 15 is 0 Å². The Bertz CT molecular complexity index is 1290. The molecule has 4 aromatic rings. The molecule has 0 aliphatic carbocycles. The zero-order chi connectivity index (χ0) is 20.7. The van der Waals surface area contributed by atoms with Crippen LogP contribution in [0.2, 0.25) is 0 Å². The highest BCUT2D eigenvalue weighted by molar-refractivity contribution is 7.91. The molecule has 0 spiro atoms. The number of fused-ring (bicyclic) bond motifs is 1. The molecule has 0 amide bonds. The number of hydrogen-bond acceptors (Lipinski definition) is 7. The standard InChI is InChI=1S/C20H20N6O2S2/c1-15-7-8-18(29-15)30(27,28)25-11-9-24(10-12-25)19-17-13-23-26(20(17)22-14-21-19)16-5-3-2-4-6-16/h2-8,13-14H,9-12H2,1H3.